The zero-order valence-electron chi connectivity index (χ0n) is 7.26. The Bertz CT molecular complexity index is 279. The van der Waals surface area contributed by atoms with Crippen LogP contribution in [0.2, 0.25) is 0 Å². The van der Waals surface area contributed by atoms with E-state index in [1.54, 1.807) is 6.07 Å². The quantitative estimate of drug-likeness (QED) is 0.622. The van der Waals surface area contributed by atoms with Gasteiger partial charge in [0.15, 0.2) is 0 Å². The minimum absolute atomic E-state index is 0.304. The molecule has 2 heteroatoms. The molecule has 0 N–H and O–H groups in total. The maximum Gasteiger partial charge on any atom is 0.337 e. The van der Waals surface area contributed by atoms with Crippen molar-refractivity contribution in [3.63, 3.8) is 0 Å². The van der Waals surface area contributed by atoms with Crippen molar-refractivity contribution in [1.29, 1.82) is 0 Å². The van der Waals surface area contributed by atoms with Crippen LogP contribution in [0, 0.1) is 6.07 Å². The highest BCUT2D eigenvalue weighted by molar-refractivity contribution is 5.89. The van der Waals surface area contributed by atoms with Gasteiger partial charge in [-0.25, -0.2) is 4.79 Å². The van der Waals surface area contributed by atoms with E-state index in [1.807, 2.05) is 19.1 Å². The van der Waals surface area contributed by atoms with E-state index in [-0.39, 0.29) is 5.97 Å². The first-order valence-corrected chi connectivity index (χ1v) is 3.86. The van der Waals surface area contributed by atoms with Crippen LogP contribution in [0.25, 0.3) is 0 Å². The first kappa shape index (κ1) is 8.78. The van der Waals surface area contributed by atoms with Gasteiger partial charge < -0.3 is 4.74 Å². The molecule has 0 bridgehead atoms. The highest BCUT2D eigenvalue weighted by Gasteiger charge is 2.03. The topological polar surface area (TPSA) is 26.3 Å². The van der Waals surface area contributed by atoms with E-state index in [9.17, 15) is 4.79 Å². The van der Waals surface area contributed by atoms with Crippen molar-refractivity contribution >= 4 is 5.97 Å². The molecule has 0 aliphatic rings. The summed E-state index contributed by atoms with van der Waals surface area (Å²) >= 11 is 0. The van der Waals surface area contributed by atoms with Gasteiger partial charge in [-0.1, -0.05) is 13.0 Å². The minimum atomic E-state index is -0.304. The van der Waals surface area contributed by atoms with Crippen LogP contribution in [0.4, 0.5) is 0 Å². The largest absolute Gasteiger partial charge is 0.465 e. The van der Waals surface area contributed by atoms with Crippen LogP contribution in [0.15, 0.2) is 18.2 Å². The Morgan fingerprint density at radius 2 is 2.33 bits per heavy atom. The summed E-state index contributed by atoms with van der Waals surface area (Å²) in [5.41, 5.74) is 1.66. The van der Waals surface area contributed by atoms with Crippen molar-refractivity contribution in [3.05, 3.63) is 35.4 Å². The van der Waals surface area contributed by atoms with Gasteiger partial charge >= 0.3 is 5.97 Å². The smallest absolute Gasteiger partial charge is 0.337 e. The van der Waals surface area contributed by atoms with Crippen LogP contribution >= 0.6 is 0 Å². The van der Waals surface area contributed by atoms with Gasteiger partial charge in [-0.15, -0.1) is 0 Å². The predicted molar refractivity (Wildman–Crippen MR) is 46.0 cm³/mol. The molecule has 0 spiro atoms. The second-order valence-corrected chi connectivity index (χ2v) is 2.48. The summed E-state index contributed by atoms with van der Waals surface area (Å²) < 4.78 is 4.58. The van der Waals surface area contributed by atoms with E-state index >= 15 is 0 Å². The van der Waals surface area contributed by atoms with E-state index < -0.39 is 0 Å². The molecule has 0 aliphatic carbocycles. The number of ether oxygens (including phenoxy) is 1. The molecule has 0 atom stereocenters. The molecule has 63 valence electrons. The fraction of sp³-hybridized carbons (Fsp3) is 0.300. The summed E-state index contributed by atoms with van der Waals surface area (Å²) in [6.45, 7) is 2.03. The van der Waals surface area contributed by atoms with Crippen LogP contribution in [0.3, 0.4) is 0 Å². The number of esters is 1. The van der Waals surface area contributed by atoms with Crippen molar-refractivity contribution in [1.82, 2.24) is 0 Å². The predicted octanol–water partition coefficient (Wildman–Crippen LogP) is 1.84. The van der Waals surface area contributed by atoms with Gasteiger partial charge in [0, 0.05) is 0 Å². The Morgan fingerprint density at radius 3 is 2.92 bits per heavy atom. The lowest BCUT2D eigenvalue weighted by molar-refractivity contribution is 0.0600. The summed E-state index contributed by atoms with van der Waals surface area (Å²) in [5, 5.41) is 0. The highest BCUT2D eigenvalue weighted by Crippen LogP contribution is 2.06. The molecule has 0 unspecified atom stereocenters. The highest BCUT2D eigenvalue weighted by atomic mass is 16.5. The van der Waals surface area contributed by atoms with E-state index in [4.69, 9.17) is 0 Å². The first-order valence-electron chi connectivity index (χ1n) is 3.86. The normalized spacial score (nSPS) is 9.50. The van der Waals surface area contributed by atoms with Crippen molar-refractivity contribution < 1.29 is 9.53 Å². The average Bonchev–Trinajstić information content (AvgIpc) is 2.17. The van der Waals surface area contributed by atoms with Gasteiger partial charge in [0.2, 0.25) is 0 Å². The second kappa shape index (κ2) is 3.90. The van der Waals surface area contributed by atoms with Crippen LogP contribution in [-0.4, -0.2) is 13.1 Å². The van der Waals surface area contributed by atoms with Crippen molar-refractivity contribution in [2.45, 2.75) is 13.3 Å². The molecule has 0 amide bonds. The number of rotatable bonds is 2. The number of carbonyl (C=O) groups is 1. The minimum Gasteiger partial charge on any atom is -0.465 e. The molecule has 0 heterocycles. The average molecular weight is 163 g/mol. The van der Waals surface area contributed by atoms with Crippen molar-refractivity contribution in [2.24, 2.45) is 0 Å². The van der Waals surface area contributed by atoms with Gasteiger partial charge in [-0.05, 0) is 30.2 Å². The third kappa shape index (κ3) is 1.84. The zero-order chi connectivity index (χ0) is 8.97. The Labute approximate surface area is 72.2 Å². The molecule has 0 fully saturated rings. The molecule has 1 rings (SSSR count). The van der Waals surface area contributed by atoms with Gasteiger partial charge in [-0.3, -0.25) is 0 Å². The maximum absolute atomic E-state index is 11.0. The maximum atomic E-state index is 11.0. The standard InChI is InChI=1S/C10H11O2/c1-3-8-5-4-6-9(7-8)10(11)12-2/h5-7H,3H2,1-2H3. The number of carbonyl (C=O) groups excluding carboxylic acids is 1. The number of aryl methyl sites for hydroxylation is 1. The lowest BCUT2D eigenvalue weighted by atomic mass is 10.1. The van der Waals surface area contributed by atoms with Gasteiger partial charge in [0.25, 0.3) is 0 Å². The fourth-order valence-corrected chi connectivity index (χ4v) is 0.961. The van der Waals surface area contributed by atoms with E-state index in [0.717, 1.165) is 12.0 Å². The lowest BCUT2D eigenvalue weighted by Crippen LogP contribution is -2.01. The van der Waals surface area contributed by atoms with E-state index in [0.29, 0.717) is 5.56 Å². The molecule has 1 aromatic carbocycles. The zero-order valence-corrected chi connectivity index (χ0v) is 7.26. The molecule has 0 saturated carbocycles. The summed E-state index contributed by atoms with van der Waals surface area (Å²) in [4.78, 5) is 11.0. The number of hydrogen-bond acceptors (Lipinski definition) is 2. The van der Waals surface area contributed by atoms with Crippen molar-refractivity contribution in [3.8, 4) is 0 Å². The molecule has 0 aliphatic heterocycles. The molecule has 1 radical (unpaired) electrons. The van der Waals surface area contributed by atoms with Gasteiger partial charge in [0.1, 0.15) is 0 Å². The molecule has 0 saturated heterocycles. The Hall–Kier alpha value is -1.31. The lowest BCUT2D eigenvalue weighted by Gasteiger charge is -2.00. The molecule has 2 nitrogen and oxygen atoms in total. The summed E-state index contributed by atoms with van der Waals surface area (Å²) in [7, 11) is 1.38. The monoisotopic (exact) mass is 163 g/mol. The van der Waals surface area contributed by atoms with E-state index in [1.165, 1.54) is 7.11 Å². The van der Waals surface area contributed by atoms with Gasteiger partial charge in [-0.2, -0.15) is 0 Å². The first-order chi connectivity index (χ1) is 5.77. The number of hydrogen-bond donors (Lipinski definition) is 0. The molecular weight excluding hydrogens is 152 g/mol. The molecular formula is C10H11O2. The SMILES string of the molecule is CCc1c[c]cc(C(=O)OC)c1. The number of benzene rings is 1. The summed E-state index contributed by atoms with van der Waals surface area (Å²) in [5.74, 6) is -0.304. The number of methoxy groups -OCH3 is 1. The molecule has 1 aromatic rings. The third-order valence-corrected chi connectivity index (χ3v) is 1.68. The summed E-state index contributed by atoms with van der Waals surface area (Å²) in [6.07, 6.45) is 0.904. The van der Waals surface area contributed by atoms with Crippen molar-refractivity contribution in [2.75, 3.05) is 7.11 Å². The Morgan fingerprint density at radius 1 is 1.58 bits per heavy atom. The van der Waals surface area contributed by atoms with E-state index in [2.05, 4.69) is 10.8 Å². The van der Waals surface area contributed by atoms with Crippen LogP contribution in [0.1, 0.15) is 22.8 Å². The molecule has 0 aromatic heterocycles. The third-order valence-electron chi connectivity index (χ3n) is 1.68. The molecule has 12 heavy (non-hydrogen) atoms. The van der Waals surface area contributed by atoms with Crippen LogP contribution in [-0.2, 0) is 11.2 Å². The Kier molecular flexibility index (Phi) is 2.86. The van der Waals surface area contributed by atoms with Crippen LogP contribution in [0.5, 0.6) is 0 Å². The second-order valence-electron chi connectivity index (χ2n) is 2.48. The van der Waals surface area contributed by atoms with Crippen LogP contribution < -0.4 is 0 Å². The Balaban J connectivity index is 2.93. The van der Waals surface area contributed by atoms with Gasteiger partial charge in [0.05, 0.1) is 12.7 Å². The summed E-state index contributed by atoms with van der Waals surface area (Å²) in [6, 6.07) is 8.21. The fourth-order valence-electron chi connectivity index (χ4n) is 0.961.